The number of halogens is 1. The maximum atomic E-state index is 5.82. The van der Waals surface area contributed by atoms with Crippen LogP contribution in [0.15, 0.2) is 18.2 Å². The average Bonchev–Trinajstić information content (AvgIpc) is 2.16. The van der Waals surface area contributed by atoms with E-state index in [2.05, 4.69) is 13.8 Å². The number of hydrogen-bond donors (Lipinski definition) is 1. The highest BCUT2D eigenvalue weighted by Gasteiger charge is 2.10. The van der Waals surface area contributed by atoms with Gasteiger partial charge in [0.05, 0.1) is 7.11 Å². The quantitative estimate of drug-likeness (QED) is 0.619. The molecule has 1 unspecified atom stereocenters. The van der Waals surface area contributed by atoms with E-state index in [4.69, 9.17) is 22.1 Å². The van der Waals surface area contributed by atoms with Crippen molar-refractivity contribution < 1.29 is 4.74 Å². The Kier molecular flexibility index (Phi) is 3.78. The van der Waals surface area contributed by atoms with Gasteiger partial charge in [-0.3, -0.25) is 0 Å². The zero-order valence-electron chi connectivity index (χ0n) is 8.75. The van der Waals surface area contributed by atoms with Gasteiger partial charge in [0.25, 0.3) is 0 Å². The Hall–Kier alpha value is -0.730. The summed E-state index contributed by atoms with van der Waals surface area (Å²) in [4.78, 5) is 0. The molecule has 0 saturated heterocycles. The molecule has 0 radical (unpaired) electrons. The SMILES string of the molecule is COc1cc(C(C)C)ccc1C(N)Cl. The summed E-state index contributed by atoms with van der Waals surface area (Å²) in [7, 11) is 1.63. The van der Waals surface area contributed by atoms with Crippen LogP contribution in [0.3, 0.4) is 0 Å². The summed E-state index contributed by atoms with van der Waals surface area (Å²) in [6.07, 6.45) is 0. The highest BCUT2D eigenvalue weighted by atomic mass is 35.5. The summed E-state index contributed by atoms with van der Waals surface area (Å²) >= 11 is 5.82. The van der Waals surface area contributed by atoms with Crippen molar-refractivity contribution in [2.45, 2.75) is 25.3 Å². The average molecular weight is 214 g/mol. The van der Waals surface area contributed by atoms with Crippen molar-refractivity contribution in [2.24, 2.45) is 5.73 Å². The molecule has 0 aliphatic rings. The second-order valence-electron chi connectivity index (χ2n) is 3.56. The van der Waals surface area contributed by atoms with Crippen LogP contribution in [0.5, 0.6) is 5.75 Å². The highest BCUT2D eigenvalue weighted by Crippen LogP contribution is 2.29. The minimum absolute atomic E-state index is 0.476. The van der Waals surface area contributed by atoms with Gasteiger partial charge in [0.15, 0.2) is 0 Å². The van der Waals surface area contributed by atoms with E-state index < -0.39 is 5.50 Å². The fraction of sp³-hybridized carbons (Fsp3) is 0.455. The largest absolute Gasteiger partial charge is 0.496 e. The number of nitrogens with two attached hydrogens (primary N) is 1. The minimum atomic E-state index is -0.508. The van der Waals surface area contributed by atoms with Crippen molar-refractivity contribution in [1.29, 1.82) is 0 Å². The lowest BCUT2D eigenvalue weighted by atomic mass is 10.0. The smallest absolute Gasteiger partial charge is 0.125 e. The van der Waals surface area contributed by atoms with Gasteiger partial charge in [-0.2, -0.15) is 0 Å². The maximum absolute atomic E-state index is 5.82. The van der Waals surface area contributed by atoms with Crippen LogP contribution in [0.2, 0.25) is 0 Å². The molecule has 78 valence electrons. The van der Waals surface area contributed by atoms with Gasteiger partial charge in [-0.15, -0.1) is 11.6 Å². The van der Waals surface area contributed by atoms with Gasteiger partial charge in [0.2, 0.25) is 0 Å². The summed E-state index contributed by atoms with van der Waals surface area (Å²) in [5.41, 5.74) is 7.15. The third-order valence-corrected chi connectivity index (χ3v) is 2.46. The molecule has 0 aliphatic heterocycles. The fourth-order valence-electron chi connectivity index (χ4n) is 1.31. The van der Waals surface area contributed by atoms with E-state index in [0.29, 0.717) is 5.92 Å². The van der Waals surface area contributed by atoms with Crippen LogP contribution in [0.25, 0.3) is 0 Å². The lowest BCUT2D eigenvalue weighted by Gasteiger charge is -2.13. The molecule has 1 aromatic carbocycles. The third-order valence-electron chi connectivity index (χ3n) is 2.22. The van der Waals surface area contributed by atoms with E-state index in [-0.39, 0.29) is 0 Å². The van der Waals surface area contributed by atoms with Crippen molar-refractivity contribution in [2.75, 3.05) is 7.11 Å². The van der Waals surface area contributed by atoms with Gasteiger partial charge in [0, 0.05) is 5.56 Å². The van der Waals surface area contributed by atoms with E-state index in [9.17, 15) is 0 Å². The molecular weight excluding hydrogens is 198 g/mol. The Morgan fingerprint density at radius 3 is 2.43 bits per heavy atom. The van der Waals surface area contributed by atoms with Crippen molar-refractivity contribution in [3.05, 3.63) is 29.3 Å². The Morgan fingerprint density at radius 2 is 2.00 bits per heavy atom. The number of ether oxygens (including phenoxy) is 1. The lowest BCUT2D eigenvalue weighted by Crippen LogP contribution is -2.05. The van der Waals surface area contributed by atoms with Gasteiger partial charge in [-0.05, 0) is 17.5 Å². The molecule has 0 heterocycles. The molecule has 0 amide bonds. The number of hydrogen-bond acceptors (Lipinski definition) is 2. The van der Waals surface area contributed by atoms with Gasteiger partial charge < -0.3 is 10.5 Å². The van der Waals surface area contributed by atoms with Crippen LogP contribution < -0.4 is 10.5 Å². The molecule has 0 spiro atoms. The number of alkyl halides is 1. The summed E-state index contributed by atoms with van der Waals surface area (Å²) in [5, 5.41) is 0. The number of methoxy groups -OCH3 is 1. The summed E-state index contributed by atoms with van der Waals surface area (Å²) in [6.45, 7) is 4.27. The van der Waals surface area contributed by atoms with Crippen LogP contribution in [0.1, 0.15) is 36.4 Å². The molecule has 0 aliphatic carbocycles. The van der Waals surface area contributed by atoms with E-state index in [0.717, 1.165) is 11.3 Å². The number of rotatable bonds is 3. The first-order valence-corrected chi connectivity index (χ1v) is 5.07. The maximum Gasteiger partial charge on any atom is 0.125 e. The topological polar surface area (TPSA) is 35.2 Å². The molecule has 1 aromatic rings. The number of benzene rings is 1. The summed E-state index contributed by atoms with van der Waals surface area (Å²) in [6, 6.07) is 5.94. The van der Waals surface area contributed by atoms with Gasteiger partial charge in [-0.1, -0.05) is 26.0 Å². The van der Waals surface area contributed by atoms with E-state index in [1.165, 1.54) is 5.56 Å². The fourth-order valence-corrected chi connectivity index (χ4v) is 1.49. The third kappa shape index (κ3) is 2.40. The Labute approximate surface area is 90.0 Å². The van der Waals surface area contributed by atoms with Crippen LogP contribution >= 0.6 is 11.6 Å². The second-order valence-corrected chi connectivity index (χ2v) is 4.03. The van der Waals surface area contributed by atoms with Crippen LogP contribution in [-0.2, 0) is 0 Å². The van der Waals surface area contributed by atoms with Gasteiger partial charge >= 0.3 is 0 Å². The van der Waals surface area contributed by atoms with Crippen molar-refractivity contribution in [1.82, 2.24) is 0 Å². The zero-order valence-corrected chi connectivity index (χ0v) is 9.51. The minimum Gasteiger partial charge on any atom is -0.496 e. The van der Waals surface area contributed by atoms with Gasteiger partial charge in [0.1, 0.15) is 11.3 Å². The Bertz CT molecular complexity index is 310. The molecule has 0 saturated carbocycles. The van der Waals surface area contributed by atoms with Crippen LogP contribution in [-0.4, -0.2) is 7.11 Å². The zero-order chi connectivity index (χ0) is 10.7. The molecule has 2 N–H and O–H groups in total. The summed E-state index contributed by atoms with van der Waals surface area (Å²) < 4.78 is 5.23. The van der Waals surface area contributed by atoms with E-state index in [1.54, 1.807) is 7.11 Å². The normalized spacial score (nSPS) is 13.0. The first kappa shape index (κ1) is 11.3. The van der Waals surface area contributed by atoms with E-state index in [1.807, 2.05) is 18.2 Å². The first-order chi connectivity index (χ1) is 6.56. The first-order valence-electron chi connectivity index (χ1n) is 4.63. The van der Waals surface area contributed by atoms with Crippen LogP contribution in [0.4, 0.5) is 0 Å². The second kappa shape index (κ2) is 4.67. The van der Waals surface area contributed by atoms with E-state index >= 15 is 0 Å². The molecule has 0 bridgehead atoms. The highest BCUT2D eigenvalue weighted by molar-refractivity contribution is 6.20. The Morgan fingerprint density at radius 1 is 1.36 bits per heavy atom. The molecule has 1 rings (SSSR count). The molecule has 0 aromatic heterocycles. The van der Waals surface area contributed by atoms with Gasteiger partial charge in [-0.25, -0.2) is 0 Å². The lowest BCUT2D eigenvalue weighted by molar-refractivity contribution is 0.408. The molecule has 0 fully saturated rings. The predicted molar refractivity (Wildman–Crippen MR) is 59.9 cm³/mol. The monoisotopic (exact) mass is 213 g/mol. The molecule has 2 nitrogen and oxygen atoms in total. The predicted octanol–water partition coefficient (Wildman–Crippen LogP) is 3.01. The molecule has 14 heavy (non-hydrogen) atoms. The van der Waals surface area contributed by atoms with Crippen molar-refractivity contribution in [3.63, 3.8) is 0 Å². The molecular formula is C11H16ClNO. The van der Waals surface area contributed by atoms with Crippen LogP contribution in [0, 0.1) is 0 Å². The standard InChI is InChI=1S/C11H16ClNO/c1-7(2)8-4-5-9(11(12)13)10(6-8)14-3/h4-7,11H,13H2,1-3H3. The molecule has 3 heteroatoms. The van der Waals surface area contributed by atoms with Crippen molar-refractivity contribution >= 4 is 11.6 Å². The Balaban J connectivity index is 3.11. The summed E-state index contributed by atoms with van der Waals surface area (Å²) in [5.74, 6) is 1.24. The van der Waals surface area contributed by atoms with Crippen molar-refractivity contribution in [3.8, 4) is 5.75 Å². The molecule has 1 atom stereocenters.